The number of aromatic nitrogens is 2. The van der Waals surface area contributed by atoms with Gasteiger partial charge in [-0.1, -0.05) is 107 Å². The van der Waals surface area contributed by atoms with Gasteiger partial charge in [0.25, 0.3) is 0 Å². The van der Waals surface area contributed by atoms with Gasteiger partial charge in [-0.3, -0.25) is 9.59 Å². The average Bonchev–Trinajstić information content (AvgIpc) is 3.64. The minimum atomic E-state index is -1.04. The number of imidazole rings is 1. The molecule has 3 N–H and O–H groups in total. The summed E-state index contributed by atoms with van der Waals surface area (Å²) in [6, 6.07) is 33.3. The van der Waals surface area contributed by atoms with E-state index in [1.165, 1.54) is 11.2 Å². The van der Waals surface area contributed by atoms with E-state index < -0.39 is 18.0 Å². The lowest BCUT2D eigenvalue weighted by Gasteiger charge is -2.27. The molecular weight excluding hydrogens is 686 g/mol. The van der Waals surface area contributed by atoms with Crippen LogP contribution in [-0.4, -0.2) is 51.9 Å². The minimum Gasteiger partial charge on any atom is -0.489 e. The highest BCUT2D eigenvalue weighted by Gasteiger charge is 2.29. The predicted molar refractivity (Wildman–Crippen MR) is 189 cm³/mol. The molecule has 5 aromatic rings. The van der Waals surface area contributed by atoms with Gasteiger partial charge in [-0.25, -0.2) is 9.78 Å². The molecule has 49 heavy (non-hydrogen) atoms. The fraction of sp³-hybridized carbons (Fsp3) is 0.211. The largest absolute Gasteiger partial charge is 0.489 e. The molecule has 0 aliphatic rings. The topological polar surface area (TPSA) is 126 Å². The molecule has 0 fully saturated rings. The fourth-order valence-electron chi connectivity index (χ4n) is 5.07. The molecule has 0 saturated carbocycles. The van der Waals surface area contributed by atoms with Crippen molar-refractivity contribution < 1.29 is 23.9 Å². The number of hydrogen-bond acceptors (Lipinski definition) is 6. The number of carbonyl (C=O) groups is 3. The van der Waals surface area contributed by atoms with Gasteiger partial charge in [0, 0.05) is 35.9 Å². The van der Waals surface area contributed by atoms with Gasteiger partial charge in [-0.05, 0) is 46.9 Å². The molecule has 0 saturated heterocycles. The standard InChI is InChI=1S/C38H38BrN5O5/c39-34-14-8-7-13-31(34)19-20-41-36(45)24-44(23-28-15-17-33(18-16-28)48-25-29-9-3-1-4-10-29)37(46)35(21-32-22-40-27-42-32)43-38(47)49-26-30-11-5-2-6-12-30/h1-18,22,27,35H,19-21,23-26H2,(H,40,42)(H,41,45)(H,43,47). The van der Waals surface area contributed by atoms with E-state index >= 15 is 0 Å². The zero-order chi connectivity index (χ0) is 34.3. The van der Waals surface area contributed by atoms with Crippen molar-refractivity contribution >= 4 is 33.8 Å². The van der Waals surface area contributed by atoms with Crippen molar-refractivity contribution in [2.75, 3.05) is 13.1 Å². The van der Waals surface area contributed by atoms with Gasteiger partial charge in [-0.15, -0.1) is 0 Å². The first-order valence-corrected chi connectivity index (χ1v) is 16.7. The summed E-state index contributed by atoms with van der Waals surface area (Å²) in [7, 11) is 0. The van der Waals surface area contributed by atoms with Crippen molar-refractivity contribution in [2.45, 2.75) is 38.6 Å². The zero-order valence-electron chi connectivity index (χ0n) is 26.9. The van der Waals surface area contributed by atoms with E-state index in [1.807, 2.05) is 109 Å². The Labute approximate surface area is 294 Å². The van der Waals surface area contributed by atoms with Gasteiger partial charge in [0.05, 0.1) is 12.9 Å². The number of halogens is 1. The normalized spacial score (nSPS) is 11.3. The van der Waals surface area contributed by atoms with Crippen LogP contribution in [0.25, 0.3) is 0 Å². The number of aromatic amines is 1. The Bertz CT molecular complexity index is 1770. The predicted octanol–water partition coefficient (Wildman–Crippen LogP) is 5.98. The lowest BCUT2D eigenvalue weighted by Crippen LogP contribution is -2.52. The van der Waals surface area contributed by atoms with Crippen molar-refractivity contribution in [1.82, 2.24) is 25.5 Å². The molecule has 1 heterocycles. The number of carbonyl (C=O) groups excluding carboxylic acids is 3. The Morgan fingerprint density at radius 1 is 0.816 bits per heavy atom. The minimum absolute atomic E-state index is 0.0416. The summed E-state index contributed by atoms with van der Waals surface area (Å²) in [5.74, 6) is -0.0953. The van der Waals surface area contributed by atoms with Crippen LogP contribution >= 0.6 is 15.9 Å². The molecule has 0 bridgehead atoms. The van der Waals surface area contributed by atoms with Crippen LogP contribution in [0.15, 0.2) is 126 Å². The lowest BCUT2D eigenvalue weighted by atomic mass is 10.1. The maximum absolute atomic E-state index is 14.2. The number of hydrogen-bond donors (Lipinski definition) is 3. The maximum Gasteiger partial charge on any atom is 0.408 e. The molecule has 11 heteroatoms. The Balaban J connectivity index is 1.28. The Morgan fingerprint density at radius 3 is 2.16 bits per heavy atom. The second kappa shape index (κ2) is 18.2. The van der Waals surface area contributed by atoms with Crippen molar-refractivity contribution in [2.24, 2.45) is 0 Å². The molecule has 0 aliphatic carbocycles. The van der Waals surface area contributed by atoms with Gasteiger partial charge in [-0.2, -0.15) is 0 Å². The molecule has 1 aromatic heterocycles. The fourth-order valence-corrected chi connectivity index (χ4v) is 5.56. The van der Waals surface area contributed by atoms with E-state index in [9.17, 15) is 14.4 Å². The van der Waals surface area contributed by atoms with E-state index in [1.54, 1.807) is 6.20 Å². The average molecular weight is 725 g/mol. The summed E-state index contributed by atoms with van der Waals surface area (Å²) < 4.78 is 12.3. The van der Waals surface area contributed by atoms with Crippen LogP contribution < -0.4 is 15.4 Å². The summed E-state index contributed by atoms with van der Waals surface area (Å²) >= 11 is 3.54. The van der Waals surface area contributed by atoms with Crippen LogP contribution in [0.1, 0.15) is 27.9 Å². The Hall–Kier alpha value is -5.42. The van der Waals surface area contributed by atoms with Gasteiger partial charge in [0.1, 0.15) is 25.0 Å². The van der Waals surface area contributed by atoms with Crippen LogP contribution in [0.4, 0.5) is 4.79 Å². The summed E-state index contributed by atoms with van der Waals surface area (Å²) in [4.78, 5) is 48.9. The third-order valence-corrected chi connectivity index (χ3v) is 8.42. The van der Waals surface area contributed by atoms with Gasteiger partial charge < -0.3 is 30.0 Å². The smallest absolute Gasteiger partial charge is 0.408 e. The Kier molecular flexibility index (Phi) is 13.0. The zero-order valence-corrected chi connectivity index (χ0v) is 28.5. The maximum atomic E-state index is 14.2. The van der Waals surface area contributed by atoms with E-state index in [0.717, 1.165) is 26.7 Å². The van der Waals surface area contributed by atoms with Crippen LogP contribution in [0.5, 0.6) is 5.75 Å². The second-order valence-electron chi connectivity index (χ2n) is 11.3. The third-order valence-electron chi connectivity index (χ3n) is 7.65. The number of rotatable bonds is 16. The first-order valence-electron chi connectivity index (χ1n) is 15.9. The SMILES string of the molecule is O=C(CN(Cc1ccc(OCc2ccccc2)cc1)C(=O)C(Cc1cnc[nH]1)NC(=O)OCc1ccccc1)NCCc1ccccc1Br. The number of alkyl carbamates (subject to hydrolysis) is 1. The molecule has 10 nitrogen and oxygen atoms in total. The number of nitrogens with zero attached hydrogens (tertiary/aromatic N) is 2. The molecule has 1 atom stereocenters. The lowest BCUT2D eigenvalue weighted by molar-refractivity contribution is -0.138. The van der Waals surface area contributed by atoms with Crippen LogP contribution in [0.3, 0.4) is 0 Å². The number of nitrogens with one attached hydrogen (secondary N) is 3. The number of ether oxygens (including phenoxy) is 2. The van der Waals surface area contributed by atoms with E-state index in [-0.39, 0.29) is 32.0 Å². The number of amides is 3. The van der Waals surface area contributed by atoms with Crippen molar-refractivity contribution in [3.05, 3.63) is 154 Å². The van der Waals surface area contributed by atoms with Crippen LogP contribution in [-0.2, 0) is 46.9 Å². The summed E-state index contributed by atoms with van der Waals surface area (Å²) in [5.41, 5.74) is 4.34. The molecule has 0 radical (unpaired) electrons. The molecule has 4 aromatic carbocycles. The molecular formula is C38H38BrN5O5. The second-order valence-corrected chi connectivity index (χ2v) is 12.2. The molecule has 0 spiro atoms. The van der Waals surface area contributed by atoms with Gasteiger partial charge in [0.2, 0.25) is 11.8 Å². The van der Waals surface area contributed by atoms with Crippen LogP contribution in [0, 0.1) is 0 Å². The summed E-state index contributed by atoms with van der Waals surface area (Å²) in [6.07, 6.45) is 3.07. The van der Waals surface area contributed by atoms with E-state index in [4.69, 9.17) is 9.47 Å². The molecule has 3 amide bonds. The molecule has 1 unspecified atom stereocenters. The summed E-state index contributed by atoms with van der Waals surface area (Å²) in [6.45, 7) is 0.751. The van der Waals surface area contributed by atoms with Gasteiger partial charge in [0.15, 0.2) is 0 Å². The first-order chi connectivity index (χ1) is 23.9. The van der Waals surface area contributed by atoms with E-state index in [0.29, 0.717) is 31.0 Å². The summed E-state index contributed by atoms with van der Waals surface area (Å²) in [5, 5.41) is 5.65. The van der Waals surface area contributed by atoms with E-state index in [2.05, 4.69) is 36.5 Å². The highest BCUT2D eigenvalue weighted by atomic mass is 79.9. The molecule has 5 rings (SSSR count). The highest BCUT2D eigenvalue weighted by molar-refractivity contribution is 9.10. The monoisotopic (exact) mass is 723 g/mol. The molecule has 0 aliphatic heterocycles. The van der Waals surface area contributed by atoms with Gasteiger partial charge >= 0.3 is 6.09 Å². The third kappa shape index (κ3) is 11.4. The quantitative estimate of drug-likeness (QED) is 0.115. The van der Waals surface area contributed by atoms with Crippen molar-refractivity contribution in [3.63, 3.8) is 0 Å². The van der Waals surface area contributed by atoms with Crippen LogP contribution in [0.2, 0.25) is 0 Å². The number of benzene rings is 4. The highest BCUT2D eigenvalue weighted by Crippen LogP contribution is 2.18. The number of H-pyrrole nitrogens is 1. The van der Waals surface area contributed by atoms with Crippen molar-refractivity contribution in [3.8, 4) is 5.75 Å². The Morgan fingerprint density at radius 2 is 1.49 bits per heavy atom. The first kappa shape index (κ1) is 34.9. The van der Waals surface area contributed by atoms with Crippen molar-refractivity contribution in [1.29, 1.82) is 0 Å². The molecule has 252 valence electrons.